The molecule has 2 aliphatic rings. The van der Waals surface area contributed by atoms with Crippen molar-refractivity contribution in [1.29, 1.82) is 0 Å². The second kappa shape index (κ2) is 5.77. The Kier molecular flexibility index (Phi) is 3.93. The van der Waals surface area contributed by atoms with E-state index in [4.69, 9.17) is 9.47 Å². The Bertz CT molecular complexity index is 636. The molecule has 0 spiro atoms. The van der Waals surface area contributed by atoms with Crippen LogP contribution in [0.1, 0.15) is 30.1 Å². The van der Waals surface area contributed by atoms with Crippen LogP contribution in [0.2, 0.25) is 0 Å². The van der Waals surface area contributed by atoms with E-state index in [1.54, 1.807) is 30.3 Å². The molecule has 0 aromatic heterocycles. The van der Waals surface area contributed by atoms with Gasteiger partial charge < -0.3 is 14.6 Å². The van der Waals surface area contributed by atoms with Crippen LogP contribution in [0.4, 0.5) is 0 Å². The number of rotatable bonds is 3. The van der Waals surface area contributed by atoms with Crippen molar-refractivity contribution < 1.29 is 29.0 Å². The SMILES string of the molecule is C[C@]1(O)C[C@H]2OC(=O)C(COC(=O)c3ccccc3)[C@H]2CC1=O. The molecular weight excluding hydrogens is 300 g/mol. The third kappa shape index (κ3) is 2.99. The van der Waals surface area contributed by atoms with E-state index in [1.807, 2.05) is 0 Å². The van der Waals surface area contributed by atoms with Gasteiger partial charge in [0.2, 0.25) is 0 Å². The zero-order valence-corrected chi connectivity index (χ0v) is 12.7. The number of fused-ring (bicyclic) bond motifs is 1. The van der Waals surface area contributed by atoms with Crippen LogP contribution in [0.25, 0.3) is 0 Å². The van der Waals surface area contributed by atoms with Gasteiger partial charge in [0.15, 0.2) is 5.78 Å². The molecule has 0 amide bonds. The van der Waals surface area contributed by atoms with Gasteiger partial charge in [0, 0.05) is 18.8 Å². The molecular formula is C17H18O6. The lowest BCUT2D eigenvalue weighted by Gasteiger charge is -2.34. The molecule has 1 saturated heterocycles. The predicted molar refractivity (Wildman–Crippen MR) is 78.4 cm³/mol. The van der Waals surface area contributed by atoms with Crippen molar-refractivity contribution in [3.63, 3.8) is 0 Å². The Labute approximate surface area is 133 Å². The third-order valence-electron chi connectivity index (χ3n) is 4.59. The van der Waals surface area contributed by atoms with Gasteiger partial charge in [-0.1, -0.05) is 18.2 Å². The lowest BCUT2D eigenvalue weighted by Crippen LogP contribution is -2.47. The van der Waals surface area contributed by atoms with E-state index < -0.39 is 29.6 Å². The molecule has 122 valence electrons. The van der Waals surface area contributed by atoms with E-state index >= 15 is 0 Å². The van der Waals surface area contributed by atoms with Gasteiger partial charge in [0.1, 0.15) is 18.3 Å². The number of ether oxygens (including phenoxy) is 2. The van der Waals surface area contributed by atoms with Crippen molar-refractivity contribution in [2.75, 3.05) is 6.61 Å². The molecule has 3 rings (SSSR count). The average molecular weight is 318 g/mol. The number of benzene rings is 1. The Morgan fingerprint density at radius 2 is 2.04 bits per heavy atom. The fourth-order valence-electron chi connectivity index (χ4n) is 3.18. The first-order valence-corrected chi connectivity index (χ1v) is 7.57. The molecule has 1 aliphatic heterocycles. The van der Waals surface area contributed by atoms with Crippen LogP contribution in [-0.4, -0.2) is 41.1 Å². The second-order valence-electron chi connectivity index (χ2n) is 6.32. The van der Waals surface area contributed by atoms with E-state index in [1.165, 1.54) is 6.92 Å². The number of esters is 2. The summed E-state index contributed by atoms with van der Waals surface area (Å²) in [6, 6.07) is 8.48. The summed E-state index contributed by atoms with van der Waals surface area (Å²) >= 11 is 0. The number of hydrogen-bond acceptors (Lipinski definition) is 6. The zero-order valence-electron chi connectivity index (χ0n) is 12.7. The summed E-state index contributed by atoms with van der Waals surface area (Å²) in [7, 11) is 0. The van der Waals surface area contributed by atoms with E-state index in [0.29, 0.717) is 5.56 Å². The van der Waals surface area contributed by atoms with Crippen molar-refractivity contribution in [1.82, 2.24) is 0 Å². The fourth-order valence-corrected chi connectivity index (χ4v) is 3.18. The second-order valence-corrected chi connectivity index (χ2v) is 6.32. The van der Waals surface area contributed by atoms with Crippen LogP contribution in [0.3, 0.4) is 0 Å². The van der Waals surface area contributed by atoms with Gasteiger partial charge in [-0.05, 0) is 19.1 Å². The molecule has 6 nitrogen and oxygen atoms in total. The lowest BCUT2D eigenvalue weighted by atomic mass is 9.73. The van der Waals surface area contributed by atoms with Gasteiger partial charge in [0.25, 0.3) is 0 Å². The highest BCUT2D eigenvalue weighted by Crippen LogP contribution is 2.41. The monoisotopic (exact) mass is 318 g/mol. The topological polar surface area (TPSA) is 89.9 Å². The maximum Gasteiger partial charge on any atom is 0.338 e. The van der Waals surface area contributed by atoms with E-state index in [9.17, 15) is 19.5 Å². The van der Waals surface area contributed by atoms with Gasteiger partial charge in [-0.15, -0.1) is 0 Å². The first-order valence-electron chi connectivity index (χ1n) is 7.57. The molecule has 0 bridgehead atoms. The molecule has 1 aromatic rings. The van der Waals surface area contributed by atoms with Crippen molar-refractivity contribution in [3.05, 3.63) is 35.9 Å². The fraction of sp³-hybridized carbons (Fsp3) is 0.471. The highest BCUT2D eigenvalue weighted by atomic mass is 16.6. The summed E-state index contributed by atoms with van der Waals surface area (Å²) in [6.45, 7) is 1.31. The molecule has 1 unspecified atom stereocenters. The number of carbonyl (C=O) groups is 3. The first-order chi connectivity index (χ1) is 10.9. The largest absolute Gasteiger partial charge is 0.462 e. The van der Waals surface area contributed by atoms with Crippen LogP contribution in [0, 0.1) is 11.8 Å². The Hall–Kier alpha value is -2.21. The first kappa shape index (κ1) is 15.7. The molecule has 1 saturated carbocycles. The highest BCUT2D eigenvalue weighted by Gasteiger charge is 2.53. The molecule has 0 radical (unpaired) electrons. The molecule has 2 fully saturated rings. The van der Waals surface area contributed by atoms with E-state index in [2.05, 4.69) is 0 Å². The van der Waals surface area contributed by atoms with Gasteiger partial charge in [-0.3, -0.25) is 9.59 Å². The lowest BCUT2D eigenvalue weighted by molar-refractivity contribution is -0.153. The number of carbonyl (C=O) groups excluding carboxylic acids is 3. The number of Topliss-reactive ketones (excluding diaryl/α,β-unsaturated/α-hetero) is 1. The third-order valence-corrected chi connectivity index (χ3v) is 4.59. The Morgan fingerprint density at radius 1 is 1.35 bits per heavy atom. The summed E-state index contributed by atoms with van der Waals surface area (Å²) in [4.78, 5) is 35.9. The minimum absolute atomic E-state index is 0.0525. The van der Waals surface area contributed by atoms with Crippen LogP contribution >= 0.6 is 0 Å². The smallest absolute Gasteiger partial charge is 0.338 e. The minimum atomic E-state index is -1.46. The standard InChI is InChI=1S/C17H18O6/c1-17(21)8-13-11(7-14(17)18)12(16(20)23-13)9-22-15(19)10-5-3-2-4-6-10/h2-6,11-13,21H,7-9H2,1H3/t11-,12?,13-,17+/m1/s1. The summed E-state index contributed by atoms with van der Waals surface area (Å²) < 4.78 is 10.5. The average Bonchev–Trinajstić information content (AvgIpc) is 2.80. The van der Waals surface area contributed by atoms with Crippen molar-refractivity contribution in [2.45, 2.75) is 31.5 Å². The molecule has 1 aliphatic carbocycles. The summed E-state index contributed by atoms with van der Waals surface area (Å²) in [5.74, 6) is -2.31. The van der Waals surface area contributed by atoms with E-state index in [-0.39, 0.29) is 31.1 Å². The van der Waals surface area contributed by atoms with E-state index in [0.717, 1.165) is 0 Å². The summed E-state index contributed by atoms with van der Waals surface area (Å²) in [5, 5.41) is 10.0. The Morgan fingerprint density at radius 3 is 2.74 bits per heavy atom. The zero-order chi connectivity index (χ0) is 16.6. The Balaban J connectivity index is 1.65. The molecule has 1 aromatic carbocycles. The van der Waals surface area contributed by atoms with Crippen molar-refractivity contribution in [2.24, 2.45) is 11.8 Å². The number of hydrogen-bond donors (Lipinski definition) is 1. The van der Waals surface area contributed by atoms with Crippen LogP contribution in [0.5, 0.6) is 0 Å². The molecule has 23 heavy (non-hydrogen) atoms. The van der Waals surface area contributed by atoms with Crippen molar-refractivity contribution >= 4 is 17.7 Å². The van der Waals surface area contributed by atoms with Gasteiger partial charge in [0.05, 0.1) is 11.5 Å². The normalized spacial score (nSPS) is 33.0. The van der Waals surface area contributed by atoms with Crippen LogP contribution in [-0.2, 0) is 19.1 Å². The van der Waals surface area contributed by atoms with Gasteiger partial charge in [-0.2, -0.15) is 0 Å². The highest BCUT2D eigenvalue weighted by molar-refractivity contribution is 5.90. The van der Waals surface area contributed by atoms with Crippen molar-refractivity contribution in [3.8, 4) is 0 Å². The maximum atomic E-state index is 12.0. The number of ketones is 1. The van der Waals surface area contributed by atoms with Crippen LogP contribution in [0.15, 0.2) is 30.3 Å². The maximum absolute atomic E-state index is 12.0. The summed E-state index contributed by atoms with van der Waals surface area (Å²) in [5.41, 5.74) is -1.06. The van der Waals surface area contributed by atoms with Crippen LogP contribution < -0.4 is 0 Å². The quantitative estimate of drug-likeness (QED) is 0.840. The molecule has 1 N–H and O–H groups in total. The molecule has 1 heterocycles. The summed E-state index contributed by atoms with van der Waals surface area (Å²) in [6.07, 6.45) is -0.363. The minimum Gasteiger partial charge on any atom is -0.462 e. The molecule has 4 atom stereocenters. The predicted octanol–water partition coefficient (Wildman–Crippen LogP) is 1.12. The molecule has 6 heteroatoms. The van der Waals surface area contributed by atoms with Gasteiger partial charge >= 0.3 is 11.9 Å². The number of aliphatic hydroxyl groups is 1. The van der Waals surface area contributed by atoms with Gasteiger partial charge in [-0.25, -0.2) is 4.79 Å².